The summed E-state index contributed by atoms with van der Waals surface area (Å²) in [7, 11) is 0. The zero-order chi connectivity index (χ0) is 13.0. The van der Waals surface area contributed by atoms with Crippen LogP contribution in [0.25, 0.3) is 0 Å². The maximum Gasteiger partial charge on any atom is 0.0414 e. The van der Waals surface area contributed by atoms with E-state index in [1.54, 1.807) is 0 Å². The highest BCUT2D eigenvalue weighted by Crippen LogP contribution is 2.29. The van der Waals surface area contributed by atoms with E-state index in [0.29, 0.717) is 0 Å². The molecule has 1 heterocycles. The number of hydrogen-bond donors (Lipinski definition) is 1. The van der Waals surface area contributed by atoms with Crippen molar-refractivity contribution in [3.05, 3.63) is 29.8 Å². The first-order valence-corrected chi connectivity index (χ1v) is 7.31. The minimum atomic E-state index is 0.168. The summed E-state index contributed by atoms with van der Waals surface area (Å²) in [5, 5.41) is 0. The molecule has 2 atom stereocenters. The van der Waals surface area contributed by atoms with Crippen molar-refractivity contribution >= 4 is 5.69 Å². The molecule has 1 aliphatic rings. The Bertz CT molecular complexity index is 375. The standard InChI is InChI=1S/C16H26N2/c1-3-15(17)14-8-4-5-9-16(14)18-11-6-7-13(2)10-12-18/h4-5,8-9,13,15H,3,6-7,10-12,17H2,1-2H3/t13?,15-/m1/s1. The van der Waals surface area contributed by atoms with Crippen molar-refractivity contribution in [2.45, 2.75) is 45.6 Å². The van der Waals surface area contributed by atoms with Crippen molar-refractivity contribution in [2.75, 3.05) is 18.0 Å². The lowest BCUT2D eigenvalue weighted by Crippen LogP contribution is -2.26. The van der Waals surface area contributed by atoms with Crippen LogP contribution in [0.2, 0.25) is 0 Å². The second-order valence-corrected chi connectivity index (χ2v) is 5.60. The number of benzene rings is 1. The highest BCUT2D eigenvalue weighted by molar-refractivity contribution is 5.55. The van der Waals surface area contributed by atoms with Crippen molar-refractivity contribution < 1.29 is 0 Å². The molecule has 1 aromatic carbocycles. The van der Waals surface area contributed by atoms with Crippen molar-refractivity contribution in [1.82, 2.24) is 0 Å². The van der Waals surface area contributed by atoms with Gasteiger partial charge in [-0.25, -0.2) is 0 Å². The Morgan fingerprint density at radius 1 is 1.28 bits per heavy atom. The van der Waals surface area contributed by atoms with Crippen LogP contribution in [-0.2, 0) is 0 Å². The monoisotopic (exact) mass is 246 g/mol. The Balaban J connectivity index is 2.21. The second kappa shape index (κ2) is 6.24. The minimum Gasteiger partial charge on any atom is -0.371 e. The van der Waals surface area contributed by atoms with Gasteiger partial charge in [-0.1, -0.05) is 32.0 Å². The van der Waals surface area contributed by atoms with E-state index in [1.165, 1.54) is 43.6 Å². The first-order valence-electron chi connectivity index (χ1n) is 7.31. The van der Waals surface area contributed by atoms with Gasteiger partial charge in [-0.2, -0.15) is 0 Å². The van der Waals surface area contributed by atoms with Gasteiger partial charge in [0, 0.05) is 24.8 Å². The molecule has 100 valence electrons. The third-order valence-electron chi connectivity index (χ3n) is 4.13. The van der Waals surface area contributed by atoms with E-state index in [0.717, 1.165) is 12.3 Å². The number of hydrogen-bond acceptors (Lipinski definition) is 2. The fourth-order valence-corrected chi connectivity index (χ4v) is 2.81. The molecule has 1 fully saturated rings. The molecule has 2 nitrogen and oxygen atoms in total. The summed E-state index contributed by atoms with van der Waals surface area (Å²) in [6.07, 6.45) is 4.96. The smallest absolute Gasteiger partial charge is 0.0414 e. The normalized spacial score (nSPS) is 22.6. The van der Waals surface area contributed by atoms with Crippen LogP contribution in [0.15, 0.2) is 24.3 Å². The lowest BCUT2D eigenvalue weighted by molar-refractivity contribution is 0.521. The molecule has 18 heavy (non-hydrogen) atoms. The Hall–Kier alpha value is -1.02. The van der Waals surface area contributed by atoms with E-state index in [-0.39, 0.29) is 6.04 Å². The molecule has 0 aromatic heterocycles. The van der Waals surface area contributed by atoms with E-state index >= 15 is 0 Å². The van der Waals surface area contributed by atoms with Crippen LogP contribution in [0.1, 0.15) is 51.1 Å². The molecule has 1 unspecified atom stereocenters. The van der Waals surface area contributed by atoms with Gasteiger partial charge in [0.25, 0.3) is 0 Å². The minimum absolute atomic E-state index is 0.168. The van der Waals surface area contributed by atoms with Crippen LogP contribution in [0.3, 0.4) is 0 Å². The molecule has 1 saturated heterocycles. The molecule has 2 N–H and O–H groups in total. The zero-order valence-electron chi connectivity index (χ0n) is 11.7. The lowest BCUT2D eigenvalue weighted by atomic mass is 10.0. The molecule has 0 amide bonds. The quantitative estimate of drug-likeness (QED) is 0.880. The van der Waals surface area contributed by atoms with Crippen molar-refractivity contribution in [3.63, 3.8) is 0 Å². The van der Waals surface area contributed by atoms with Crippen molar-refractivity contribution in [2.24, 2.45) is 11.7 Å². The van der Waals surface area contributed by atoms with Crippen LogP contribution in [0.4, 0.5) is 5.69 Å². The van der Waals surface area contributed by atoms with Crippen LogP contribution in [0.5, 0.6) is 0 Å². The lowest BCUT2D eigenvalue weighted by Gasteiger charge is -2.27. The molecule has 0 radical (unpaired) electrons. The molecule has 2 heteroatoms. The van der Waals surface area contributed by atoms with Gasteiger partial charge in [0.15, 0.2) is 0 Å². The molecule has 1 aliphatic heterocycles. The van der Waals surface area contributed by atoms with E-state index in [1.807, 2.05) is 0 Å². The van der Waals surface area contributed by atoms with Crippen LogP contribution in [-0.4, -0.2) is 13.1 Å². The zero-order valence-corrected chi connectivity index (χ0v) is 11.7. The maximum atomic E-state index is 6.24. The van der Waals surface area contributed by atoms with E-state index < -0.39 is 0 Å². The third kappa shape index (κ3) is 3.05. The summed E-state index contributed by atoms with van der Waals surface area (Å²) in [4.78, 5) is 2.54. The Morgan fingerprint density at radius 3 is 2.83 bits per heavy atom. The number of anilines is 1. The average molecular weight is 246 g/mol. The molecule has 0 aliphatic carbocycles. The predicted octanol–water partition coefficient (Wildman–Crippen LogP) is 3.72. The van der Waals surface area contributed by atoms with E-state index in [9.17, 15) is 0 Å². The van der Waals surface area contributed by atoms with Crippen molar-refractivity contribution in [1.29, 1.82) is 0 Å². The molecular formula is C16H26N2. The fourth-order valence-electron chi connectivity index (χ4n) is 2.81. The fraction of sp³-hybridized carbons (Fsp3) is 0.625. The Labute approximate surface area is 111 Å². The summed E-state index contributed by atoms with van der Waals surface area (Å²) < 4.78 is 0. The topological polar surface area (TPSA) is 29.3 Å². The van der Waals surface area contributed by atoms with Gasteiger partial charge in [-0.3, -0.25) is 0 Å². The molecule has 0 spiro atoms. The summed E-state index contributed by atoms with van der Waals surface area (Å²) in [5.74, 6) is 0.863. The van der Waals surface area contributed by atoms with Gasteiger partial charge in [-0.05, 0) is 43.2 Å². The number of para-hydroxylation sites is 1. The molecule has 1 aromatic rings. The van der Waals surface area contributed by atoms with Gasteiger partial charge in [0.05, 0.1) is 0 Å². The predicted molar refractivity (Wildman–Crippen MR) is 78.9 cm³/mol. The van der Waals surface area contributed by atoms with Crippen LogP contribution in [0, 0.1) is 5.92 Å². The molecular weight excluding hydrogens is 220 g/mol. The second-order valence-electron chi connectivity index (χ2n) is 5.60. The Kier molecular flexibility index (Phi) is 4.65. The summed E-state index contributed by atoms with van der Waals surface area (Å²) in [5.41, 5.74) is 8.92. The van der Waals surface area contributed by atoms with Crippen molar-refractivity contribution in [3.8, 4) is 0 Å². The summed E-state index contributed by atoms with van der Waals surface area (Å²) in [6, 6.07) is 8.84. The molecule has 2 rings (SSSR count). The highest BCUT2D eigenvalue weighted by Gasteiger charge is 2.18. The first-order chi connectivity index (χ1) is 8.72. The van der Waals surface area contributed by atoms with Gasteiger partial charge in [-0.15, -0.1) is 0 Å². The van der Waals surface area contributed by atoms with Gasteiger partial charge in [0.2, 0.25) is 0 Å². The largest absolute Gasteiger partial charge is 0.371 e. The summed E-state index contributed by atoms with van der Waals surface area (Å²) in [6.45, 7) is 6.88. The molecule has 0 saturated carbocycles. The van der Waals surface area contributed by atoms with Crippen LogP contribution >= 0.6 is 0 Å². The number of rotatable bonds is 3. The first kappa shape index (κ1) is 13.4. The Morgan fingerprint density at radius 2 is 2.06 bits per heavy atom. The average Bonchev–Trinajstić information content (AvgIpc) is 2.62. The van der Waals surface area contributed by atoms with E-state index in [4.69, 9.17) is 5.73 Å². The third-order valence-corrected chi connectivity index (χ3v) is 4.13. The number of nitrogens with two attached hydrogens (primary N) is 1. The van der Waals surface area contributed by atoms with Gasteiger partial charge >= 0.3 is 0 Å². The van der Waals surface area contributed by atoms with Gasteiger partial charge in [0.1, 0.15) is 0 Å². The summed E-state index contributed by atoms with van der Waals surface area (Å²) >= 11 is 0. The highest BCUT2D eigenvalue weighted by atomic mass is 15.1. The van der Waals surface area contributed by atoms with E-state index in [2.05, 4.69) is 43.0 Å². The SMILES string of the molecule is CC[C@@H](N)c1ccccc1N1CCCC(C)CC1. The van der Waals surface area contributed by atoms with Crippen LogP contribution < -0.4 is 10.6 Å². The maximum absolute atomic E-state index is 6.24. The molecule has 0 bridgehead atoms. The number of nitrogens with zero attached hydrogens (tertiary/aromatic N) is 1. The van der Waals surface area contributed by atoms with Gasteiger partial charge < -0.3 is 10.6 Å².